The molecule has 160 valence electrons. The van der Waals surface area contributed by atoms with Crippen LogP contribution in [0.4, 0.5) is 15.8 Å². The van der Waals surface area contributed by atoms with E-state index in [0.717, 1.165) is 33.6 Å². The second kappa shape index (κ2) is 8.06. The van der Waals surface area contributed by atoms with E-state index in [1.165, 1.54) is 12.1 Å². The number of Topliss-reactive ketones (excluding diaryl/α,β-unsaturated/α-hetero) is 1. The number of carbonyl (C=O) groups is 1. The lowest BCUT2D eigenvalue weighted by Crippen LogP contribution is -2.45. The van der Waals surface area contributed by atoms with Gasteiger partial charge >= 0.3 is 0 Å². The summed E-state index contributed by atoms with van der Waals surface area (Å²) in [6, 6.07) is 16.6. The average molecular weight is 419 g/mol. The predicted octanol–water partition coefficient (Wildman–Crippen LogP) is 5.74. The molecule has 0 bridgehead atoms. The molecule has 0 fully saturated rings. The number of hydrogen-bond acceptors (Lipinski definition) is 4. The molecule has 0 saturated carbocycles. The van der Waals surface area contributed by atoms with Crippen molar-refractivity contribution >= 4 is 17.2 Å². The van der Waals surface area contributed by atoms with Gasteiger partial charge in [-0.25, -0.2) is 4.39 Å². The molecule has 0 amide bonds. The first kappa shape index (κ1) is 20.9. The van der Waals surface area contributed by atoms with Gasteiger partial charge in [0.15, 0.2) is 5.78 Å². The third kappa shape index (κ3) is 4.13. The van der Waals surface area contributed by atoms with Crippen LogP contribution < -0.4 is 15.4 Å². The molecule has 4 nitrogen and oxygen atoms in total. The molecular weight excluding hydrogens is 391 g/mol. The van der Waals surface area contributed by atoms with Crippen LogP contribution in [0.5, 0.6) is 5.75 Å². The molecule has 0 spiro atoms. The molecular formula is C26H27FN2O2. The Morgan fingerprint density at radius 2 is 1.90 bits per heavy atom. The number of ether oxygens (including phenoxy) is 1. The van der Waals surface area contributed by atoms with Crippen LogP contribution in [0, 0.1) is 12.7 Å². The Hall–Kier alpha value is -3.34. The Labute approximate surface area is 182 Å². The number of rotatable bonds is 5. The zero-order valence-corrected chi connectivity index (χ0v) is 18.3. The number of anilines is 2. The molecule has 1 aliphatic heterocycles. The average Bonchev–Trinajstić information content (AvgIpc) is 2.73. The van der Waals surface area contributed by atoms with Gasteiger partial charge in [-0.2, -0.15) is 0 Å². The highest BCUT2D eigenvalue weighted by Gasteiger charge is 2.34. The minimum Gasteiger partial charge on any atom is -0.496 e. The summed E-state index contributed by atoms with van der Waals surface area (Å²) in [5.41, 5.74) is 5.88. The Morgan fingerprint density at radius 1 is 1.10 bits per heavy atom. The summed E-state index contributed by atoms with van der Waals surface area (Å²) in [5, 5.41) is 6.85. The highest BCUT2D eigenvalue weighted by molar-refractivity contribution is 5.97. The van der Waals surface area contributed by atoms with E-state index in [0.29, 0.717) is 24.3 Å². The third-order valence-electron chi connectivity index (χ3n) is 5.85. The van der Waals surface area contributed by atoms with Gasteiger partial charge in [0.2, 0.25) is 0 Å². The van der Waals surface area contributed by atoms with Gasteiger partial charge in [0, 0.05) is 29.9 Å². The largest absolute Gasteiger partial charge is 0.496 e. The molecule has 0 radical (unpaired) electrons. The molecule has 3 aromatic carbocycles. The lowest BCUT2D eigenvalue weighted by molar-refractivity contribution is -0.122. The number of hydrogen-bond donors (Lipinski definition) is 2. The number of nitrogens with one attached hydrogen (secondary N) is 2. The highest BCUT2D eigenvalue weighted by Crippen LogP contribution is 2.40. The van der Waals surface area contributed by atoms with Crippen LogP contribution in [-0.2, 0) is 17.8 Å². The van der Waals surface area contributed by atoms with Gasteiger partial charge in [-0.1, -0.05) is 18.2 Å². The molecule has 0 saturated heterocycles. The first-order valence-electron chi connectivity index (χ1n) is 10.4. The fourth-order valence-electron chi connectivity index (χ4n) is 4.09. The molecule has 1 heterocycles. The molecule has 31 heavy (non-hydrogen) atoms. The minimum absolute atomic E-state index is 0.125. The molecule has 0 aromatic heterocycles. The van der Waals surface area contributed by atoms with Crippen molar-refractivity contribution in [2.75, 3.05) is 17.7 Å². The van der Waals surface area contributed by atoms with Crippen LogP contribution in [0.2, 0.25) is 0 Å². The highest BCUT2D eigenvalue weighted by atomic mass is 19.1. The number of ketones is 1. The molecule has 1 aliphatic rings. The van der Waals surface area contributed by atoms with E-state index in [1.54, 1.807) is 13.2 Å². The lowest BCUT2D eigenvalue weighted by atomic mass is 9.83. The first-order valence-corrected chi connectivity index (χ1v) is 10.4. The Morgan fingerprint density at radius 3 is 2.65 bits per heavy atom. The molecule has 0 unspecified atom stereocenters. The van der Waals surface area contributed by atoms with Crippen molar-refractivity contribution < 1.29 is 13.9 Å². The number of halogens is 1. The van der Waals surface area contributed by atoms with Crippen molar-refractivity contribution in [3.8, 4) is 16.9 Å². The molecule has 0 atom stereocenters. The molecule has 3 aromatic rings. The Kier molecular flexibility index (Phi) is 5.44. The molecule has 5 heteroatoms. The molecule has 4 rings (SSSR count). The SMILES string of the molecule is COc1ccc(F)cc1-c1ccc2c(c1CNc1cccc(C)c1)CC(=O)C(C)(C)N2. The van der Waals surface area contributed by atoms with Crippen LogP contribution in [0.25, 0.3) is 11.1 Å². The summed E-state index contributed by atoms with van der Waals surface area (Å²) in [4.78, 5) is 12.8. The van der Waals surface area contributed by atoms with Crippen molar-refractivity contribution in [1.82, 2.24) is 0 Å². The summed E-state index contributed by atoms with van der Waals surface area (Å²) in [5.74, 6) is 0.384. The quantitative estimate of drug-likeness (QED) is 0.555. The van der Waals surface area contributed by atoms with Gasteiger partial charge in [-0.15, -0.1) is 0 Å². The Balaban J connectivity index is 1.84. The first-order chi connectivity index (χ1) is 14.8. The minimum atomic E-state index is -0.619. The number of carbonyl (C=O) groups excluding carboxylic acids is 1. The van der Waals surface area contributed by atoms with Gasteiger partial charge < -0.3 is 15.4 Å². The van der Waals surface area contributed by atoms with Gasteiger partial charge in [-0.05, 0) is 79.4 Å². The summed E-state index contributed by atoms with van der Waals surface area (Å²) >= 11 is 0. The van der Waals surface area contributed by atoms with E-state index in [9.17, 15) is 9.18 Å². The van der Waals surface area contributed by atoms with E-state index < -0.39 is 5.54 Å². The Bertz CT molecular complexity index is 1150. The summed E-state index contributed by atoms with van der Waals surface area (Å²) in [7, 11) is 1.58. The fraction of sp³-hybridized carbons (Fsp3) is 0.269. The number of aryl methyl sites for hydroxylation is 1. The topological polar surface area (TPSA) is 50.4 Å². The maximum absolute atomic E-state index is 14.2. The summed E-state index contributed by atoms with van der Waals surface area (Å²) < 4.78 is 19.7. The van der Waals surface area contributed by atoms with Crippen LogP contribution >= 0.6 is 0 Å². The monoisotopic (exact) mass is 418 g/mol. The molecule has 0 aliphatic carbocycles. The molecule has 2 N–H and O–H groups in total. The standard InChI is InChI=1S/C26H27FN2O2/c1-16-6-5-7-18(12-16)28-15-22-19(21-13-17(27)8-11-24(21)31-4)9-10-23-20(22)14-25(30)26(2,3)29-23/h5-13,28-29H,14-15H2,1-4H3. The van der Waals surface area contributed by atoms with Crippen molar-refractivity contribution in [1.29, 1.82) is 0 Å². The van der Waals surface area contributed by atoms with Crippen LogP contribution in [0.3, 0.4) is 0 Å². The van der Waals surface area contributed by atoms with Gasteiger partial charge in [-0.3, -0.25) is 4.79 Å². The zero-order valence-electron chi connectivity index (χ0n) is 18.3. The van der Waals surface area contributed by atoms with E-state index in [1.807, 2.05) is 51.1 Å². The number of benzene rings is 3. The second-order valence-electron chi connectivity index (χ2n) is 8.54. The summed E-state index contributed by atoms with van der Waals surface area (Å²) in [6.45, 7) is 6.33. The number of fused-ring (bicyclic) bond motifs is 1. The van der Waals surface area contributed by atoms with Crippen molar-refractivity contribution in [2.45, 2.75) is 39.3 Å². The van der Waals surface area contributed by atoms with Crippen molar-refractivity contribution in [3.63, 3.8) is 0 Å². The van der Waals surface area contributed by atoms with Crippen LogP contribution in [0.1, 0.15) is 30.5 Å². The van der Waals surface area contributed by atoms with E-state index in [4.69, 9.17) is 4.74 Å². The van der Waals surface area contributed by atoms with Crippen LogP contribution in [-0.4, -0.2) is 18.4 Å². The predicted molar refractivity (Wildman–Crippen MR) is 123 cm³/mol. The van der Waals surface area contributed by atoms with E-state index >= 15 is 0 Å². The van der Waals surface area contributed by atoms with Gasteiger partial charge in [0.1, 0.15) is 11.6 Å². The second-order valence-corrected chi connectivity index (χ2v) is 8.54. The smallest absolute Gasteiger partial charge is 0.162 e. The van der Waals surface area contributed by atoms with Crippen LogP contribution in [0.15, 0.2) is 54.6 Å². The normalized spacial score (nSPS) is 14.5. The van der Waals surface area contributed by atoms with Crippen molar-refractivity contribution in [2.24, 2.45) is 0 Å². The maximum Gasteiger partial charge on any atom is 0.162 e. The van der Waals surface area contributed by atoms with E-state index in [-0.39, 0.29) is 11.6 Å². The van der Waals surface area contributed by atoms with E-state index in [2.05, 4.69) is 16.7 Å². The van der Waals surface area contributed by atoms with Gasteiger partial charge in [0.25, 0.3) is 0 Å². The zero-order chi connectivity index (χ0) is 22.2. The lowest BCUT2D eigenvalue weighted by Gasteiger charge is -2.34. The summed E-state index contributed by atoms with van der Waals surface area (Å²) in [6.07, 6.45) is 0.325. The number of methoxy groups -OCH3 is 1. The van der Waals surface area contributed by atoms with Gasteiger partial charge in [0.05, 0.1) is 12.6 Å². The van der Waals surface area contributed by atoms with Crippen molar-refractivity contribution in [3.05, 3.63) is 77.1 Å². The third-order valence-corrected chi connectivity index (χ3v) is 5.85. The fourth-order valence-corrected chi connectivity index (χ4v) is 4.09. The maximum atomic E-state index is 14.2.